The Morgan fingerprint density at radius 2 is 1.05 bits per heavy atom. The van der Waals surface area contributed by atoms with Crippen molar-refractivity contribution in [2.75, 3.05) is 26.4 Å². The first-order chi connectivity index (χ1) is 8.91. The van der Waals surface area contributed by atoms with E-state index in [2.05, 4.69) is 0 Å². The molecule has 0 heterocycles. The summed E-state index contributed by atoms with van der Waals surface area (Å²) in [4.78, 5) is 43.0. The van der Waals surface area contributed by atoms with Crippen molar-refractivity contribution >= 4 is 23.5 Å². The molecule has 0 unspecified atom stereocenters. The lowest BCUT2D eigenvalue weighted by atomic mass is 10.3. The molecule has 0 atom stereocenters. The minimum Gasteiger partial charge on any atom is -0.463 e. The average molecular weight is 274 g/mol. The molecule has 0 fully saturated rings. The lowest BCUT2D eigenvalue weighted by Gasteiger charge is -2.06. The molecule has 0 aliphatic heterocycles. The normalized spacial score (nSPS) is 9.79. The minimum absolute atomic E-state index is 0.0352. The molecule has 0 saturated carbocycles. The third-order valence-electron chi connectivity index (χ3n) is 1.77. The van der Waals surface area contributed by atoms with Crippen molar-refractivity contribution in [2.45, 2.75) is 26.7 Å². The molecule has 0 aromatic carbocycles. The van der Waals surface area contributed by atoms with Gasteiger partial charge in [-0.15, -0.1) is 0 Å². The Morgan fingerprint density at radius 1 is 0.684 bits per heavy atom. The first kappa shape index (κ1) is 17.2. The Balaban J connectivity index is 3.36. The van der Waals surface area contributed by atoms with Gasteiger partial charge in [-0.2, -0.15) is 0 Å². The summed E-state index contributed by atoms with van der Waals surface area (Å²) in [6.45, 7) is 2.96. The van der Waals surface area contributed by atoms with Crippen molar-refractivity contribution in [1.82, 2.24) is 0 Å². The van der Waals surface area contributed by atoms with E-state index in [0.717, 1.165) is 0 Å². The minimum atomic E-state index is -0.594. The number of ketones is 2. The zero-order valence-electron chi connectivity index (χ0n) is 11.1. The highest BCUT2D eigenvalue weighted by Crippen LogP contribution is 1.90. The molecule has 7 heteroatoms. The van der Waals surface area contributed by atoms with Gasteiger partial charge in [0.05, 0.1) is 13.2 Å². The molecule has 19 heavy (non-hydrogen) atoms. The predicted molar refractivity (Wildman–Crippen MR) is 63.3 cm³/mol. The smallest absolute Gasteiger partial charge is 0.313 e. The van der Waals surface area contributed by atoms with E-state index < -0.39 is 11.9 Å². The molecule has 0 bridgehead atoms. The maximum atomic E-state index is 10.9. The van der Waals surface area contributed by atoms with E-state index in [1.54, 1.807) is 0 Å². The predicted octanol–water partition coefficient (Wildman–Crippen LogP) is 0.0476. The van der Waals surface area contributed by atoms with Gasteiger partial charge in [0, 0.05) is 0 Å². The maximum Gasteiger partial charge on any atom is 0.313 e. The molecule has 0 N–H and O–H groups in total. The lowest BCUT2D eigenvalue weighted by Crippen LogP contribution is -2.16. The van der Waals surface area contributed by atoms with E-state index in [1.165, 1.54) is 13.8 Å². The van der Waals surface area contributed by atoms with Crippen LogP contribution in [0.1, 0.15) is 26.7 Å². The molecule has 0 aromatic rings. The van der Waals surface area contributed by atoms with Gasteiger partial charge >= 0.3 is 11.9 Å². The molecule has 7 nitrogen and oxygen atoms in total. The fourth-order valence-electron chi connectivity index (χ4n) is 1.04. The van der Waals surface area contributed by atoms with Gasteiger partial charge in [0.2, 0.25) is 0 Å². The van der Waals surface area contributed by atoms with Crippen LogP contribution in [-0.4, -0.2) is 49.9 Å². The monoisotopic (exact) mass is 274 g/mol. The SMILES string of the molecule is CC(=O)CC(=O)OCCOCCOC(=O)CC(C)=O. The zero-order chi connectivity index (χ0) is 14.7. The van der Waals surface area contributed by atoms with Crippen molar-refractivity contribution in [1.29, 1.82) is 0 Å². The number of esters is 2. The van der Waals surface area contributed by atoms with Crippen LogP contribution >= 0.6 is 0 Å². The Bertz CT molecular complexity index is 303. The Kier molecular flexibility index (Phi) is 9.25. The molecule has 0 radical (unpaired) electrons. The molecule has 0 spiro atoms. The summed E-state index contributed by atoms with van der Waals surface area (Å²) in [6, 6.07) is 0. The van der Waals surface area contributed by atoms with Gasteiger partial charge in [-0.05, 0) is 13.8 Å². The second-order valence-corrected chi connectivity index (χ2v) is 3.81. The van der Waals surface area contributed by atoms with Crippen molar-refractivity contribution in [3.8, 4) is 0 Å². The van der Waals surface area contributed by atoms with E-state index in [9.17, 15) is 19.2 Å². The highest BCUT2D eigenvalue weighted by Gasteiger charge is 2.07. The molecular formula is C12H18O7. The molecule has 0 rings (SSSR count). The number of hydrogen-bond acceptors (Lipinski definition) is 7. The molecular weight excluding hydrogens is 256 g/mol. The van der Waals surface area contributed by atoms with Gasteiger partial charge in [0.1, 0.15) is 37.6 Å². The number of carbonyl (C=O) groups is 4. The second kappa shape index (κ2) is 10.2. The fourth-order valence-corrected chi connectivity index (χ4v) is 1.04. The Labute approximate surface area is 111 Å². The highest BCUT2D eigenvalue weighted by atomic mass is 16.6. The van der Waals surface area contributed by atoms with Crippen LogP contribution in [0, 0.1) is 0 Å². The first-order valence-electron chi connectivity index (χ1n) is 5.79. The molecule has 0 aliphatic carbocycles. The van der Waals surface area contributed by atoms with Crippen LogP contribution in [0.5, 0.6) is 0 Å². The van der Waals surface area contributed by atoms with E-state index in [0.29, 0.717) is 0 Å². The Hall–Kier alpha value is -1.76. The number of carbonyl (C=O) groups excluding carboxylic acids is 4. The van der Waals surface area contributed by atoms with Crippen LogP contribution in [0.4, 0.5) is 0 Å². The van der Waals surface area contributed by atoms with Crippen molar-refractivity contribution in [2.24, 2.45) is 0 Å². The van der Waals surface area contributed by atoms with Gasteiger partial charge in [0.15, 0.2) is 0 Å². The number of Topliss-reactive ketones (excluding diaryl/α,β-unsaturated/α-hetero) is 2. The van der Waals surface area contributed by atoms with Gasteiger partial charge in [0.25, 0.3) is 0 Å². The molecule has 0 amide bonds. The van der Waals surface area contributed by atoms with E-state index in [4.69, 9.17) is 14.2 Å². The molecule has 0 aliphatic rings. The summed E-state index contributed by atoms with van der Waals surface area (Å²) in [7, 11) is 0. The van der Waals surface area contributed by atoms with Crippen LogP contribution in [0.25, 0.3) is 0 Å². The standard InChI is InChI=1S/C12H18O7/c1-9(13)7-11(15)18-5-3-17-4-6-19-12(16)8-10(2)14/h3-8H2,1-2H3. The number of ether oxygens (including phenoxy) is 3. The average Bonchev–Trinajstić information content (AvgIpc) is 2.25. The summed E-state index contributed by atoms with van der Waals surface area (Å²) in [5.74, 6) is -1.71. The largest absolute Gasteiger partial charge is 0.463 e. The first-order valence-corrected chi connectivity index (χ1v) is 5.79. The third-order valence-corrected chi connectivity index (χ3v) is 1.77. The highest BCUT2D eigenvalue weighted by molar-refractivity contribution is 5.94. The van der Waals surface area contributed by atoms with E-state index >= 15 is 0 Å². The number of hydrogen-bond donors (Lipinski definition) is 0. The Morgan fingerprint density at radius 3 is 1.37 bits per heavy atom. The van der Waals surface area contributed by atoms with Gasteiger partial charge in [-0.3, -0.25) is 19.2 Å². The molecule has 0 aromatic heterocycles. The summed E-state index contributed by atoms with van der Waals surface area (Å²) >= 11 is 0. The van der Waals surface area contributed by atoms with Crippen molar-refractivity contribution in [3.63, 3.8) is 0 Å². The van der Waals surface area contributed by atoms with E-state index in [-0.39, 0.29) is 50.8 Å². The van der Waals surface area contributed by atoms with Crippen LogP contribution in [-0.2, 0) is 33.4 Å². The van der Waals surface area contributed by atoms with Crippen LogP contribution < -0.4 is 0 Å². The zero-order valence-corrected chi connectivity index (χ0v) is 11.1. The van der Waals surface area contributed by atoms with Gasteiger partial charge in [-0.25, -0.2) is 0 Å². The van der Waals surface area contributed by atoms with Crippen LogP contribution in [0.3, 0.4) is 0 Å². The third kappa shape index (κ3) is 12.5. The second-order valence-electron chi connectivity index (χ2n) is 3.81. The number of rotatable bonds is 10. The lowest BCUT2D eigenvalue weighted by molar-refractivity contribution is -0.147. The molecule has 0 saturated heterocycles. The van der Waals surface area contributed by atoms with Crippen molar-refractivity contribution in [3.05, 3.63) is 0 Å². The topological polar surface area (TPSA) is 96.0 Å². The van der Waals surface area contributed by atoms with Crippen LogP contribution in [0.2, 0.25) is 0 Å². The summed E-state index contributed by atoms with van der Waals surface area (Å²) in [5, 5.41) is 0. The van der Waals surface area contributed by atoms with Crippen molar-refractivity contribution < 1.29 is 33.4 Å². The molecule has 108 valence electrons. The summed E-state index contributed by atoms with van der Waals surface area (Å²) in [6.07, 6.45) is -0.495. The van der Waals surface area contributed by atoms with E-state index in [1.807, 2.05) is 0 Å². The van der Waals surface area contributed by atoms with Gasteiger partial charge in [-0.1, -0.05) is 0 Å². The van der Waals surface area contributed by atoms with Crippen LogP contribution in [0.15, 0.2) is 0 Å². The van der Waals surface area contributed by atoms with Gasteiger partial charge < -0.3 is 14.2 Å². The maximum absolute atomic E-state index is 10.9. The fraction of sp³-hybridized carbons (Fsp3) is 0.667. The summed E-state index contributed by atoms with van der Waals surface area (Å²) in [5.41, 5.74) is 0. The summed E-state index contributed by atoms with van der Waals surface area (Å²) < 4.78 is 14.4. The quantitative estimate of drug-likeness (QED) is 0.315.